The number of carbonyl (C=O) groups excluding carboxylic acids is 4. The number of phenols is 2. The number of aromatic hydroxyl groups is 2. The molecule has 1 aliphatic heterocycles. The molecule has 2 aromatic carbocycles. The number of rotatable bonds is 20. The molecule has 5 N–H and O–H groups in total. The molecule has 56 heavy (non-hydrogen) atoms. The number of methoxy groups -OCH3 is 1. The van der Waals surface area contributed by atoms with E-state index in [1.54, 1.807) is 0 Å². The molecule has 0 amide bonds. The molecule has 1 saturated heterocycles. The van der Waals surface area contributed by atoms with Crippen LogP contribution in [0.1, 0.15) is 166 Å². The molecule has 0 spiro atoms. The van der Waals surface area contributed by atoms with E-state index in [-0.39, 0.29) is 40.8 Å². The van der Waals surface area contributed by atoms with Crippen molar-refractivity contribution >= 4 is 23.3 Å². The van der Waals surface area contributed by atoms with Crippen LogP contribution >= 0.6 is 0 Å². The first-order valence-corrected chi connectivity index (χ1v) is 20.3. The number of fused-ring (bicyclic) bond motifs is 3. The minimum Gasteiger partial charge on any atom is -0.507 e. The summed E-state index contributed by atoms with van der Waals surface area (Å²) >= 11 is 0. The van der Waals surface area contributed by atoms with Crippen molar-refractivity contribution in [1.82, 2.24) is 0 Å². The highest BCUT2D eigenvalue weighted by Gasteiger charge is 2.50. The largest absolute Gasteiger partial charge is 0.507 e. The van der Waals surface area contributed by atoms with Crippen molar-refractivity contribution in [3.8, 4) is 17.2 Å². The van der Waals surface area contributed by atoms with Crippen LogP contribution in [0.15, 0.2) is 18.2 Å². The number of benzene rings is 2. The third kappa shape index (κ3) is 9.62. The normalized spacial score (nSPS) is 24.3. The molecular weight excluding hydrogens is 724 g/mol. The molecule has 13 heteroatoms. The molecule has 2 aromatic rings. The first kappa shape index (κ1) is 43.2. The molecule has 3 aliphatic rings. The SMILES string of the molecule is CCCCCCCCCCCCCCCC(=O)OCC(=O)[C@]1(O)Cc2c(O)c3c(c(O)c2[C@@H](O[C@@H]2C[C@H](O)[C@H](O)[C@H](C)O2)C1)C(=O)c1c(OC)cccc1C3=O. The maximum atomic E-state index is 13.9. The number of esters is 1. The summed E-state index contributed by atoms with van der Waals surface area (Å²) in [6, 6.07) is 4.37. The number of phenolic OH excluding ortho intramolecular Hbond substituents is 2. The van der Waals surface area contributed by atoms with Gasteiger partial charge in [-0.2, -0.15) is 0 Å². The van der Waals surface area contributed by atoms with Crippen molar-refractivity contribution in [3.63, 3.8) is 0 Å². The Labute approximate surface area is 328 Å². The molecule has 1 fully saturated rings. The molecule has 1 heterocycles. The number of carbonyl (C=O) groups is 4. The fraction of sp³-hybridized carbons (Fsp3) is 0.628. The summed E-state index contributed by atoms with van der Waals surface area (Å²) in [7, 11) is 1.32. The van der Waals surface area contributed by atoms with Gasteiger partial charge in [-0.1, -0.05) is 96.1 Å². The highest BCUT2D eigenvalue weighted by Crippen LogP contribution is 2.52. The number of hydrogen-bond acceptors (Lipinski definition) is 13. The topological polar surface area (TPSA) is 206 Å². The van der Waals surface area contributed by atoms with E-state index in [1.165, 1.54) is 83.6 Å². The number of ketones is 3. The second-order valence-electron chi connectivity index (χ2n) is 15.6. The first-order valence-electron chi connectivity index (χ1n) is 20.3. The van der Waals surface area contributed by atoms with Crippen LogP contribution in [0.5, 0.6) is 17.2 Å². The number of Topliss-reactive ketones (excluding diaryl/α,β-unsaturated/α-hetero) is 1. The zero-order valence-corrected chi connectivity index (χ0v) is 32.8. The summed E-state index contributed by atoms with van der Waals surface area (Å²) in [5.41, 5.74) is -3.88. The van der Waals surface area contributed by atoms with Gasteiger partial charge in [-0.15, -0.1) is 0 Å². The lowest BCUT2D eigenvalue weighted by Gasteiger charge is -2.42. The van der Waals surface area contributed by atoms with E-state index < -0.39 is 102 Å². The van der Waals surface area contributed by atoms with Gasteiger partial charge in [-0.25, -0.2) is 0 Å². The molecule has 0 bridgehead atoms. The van der Waals surface area contributed by atoms with Crippen LogP contribution in [0.3, 0.4) is 0 Å². The van der Waals surface area contributed by atoms with Gasteiger partial charge in [-0.3, -0.25) is 19.2 Å². The monoisotopic (exact) mass is 782 g/mol. The van der Waals surface area contributed by atoms with Gasteiger partial charge < -0.3 is 44.5 Å². The molecule has 0 aromatic heterocycles. The van der Waals surface area contributed by atoms with Crippen LogP contribution in [0.4, 0.5) is 0 Å². The van der Waals surface area contributed by atoms with Gasteiger partial charge in [0.25, 0.3) is 0 Å². The van der Waals surface area contributed by atoms with Crippen LogP contribution in [0.25, 0.3) is 0 Å². The van der Waals surface area contributed by atoms with Crippen molar-refractivity contribution in [2.75, 3.05) is 13.7 Å². The predicted octanol–water partition coefficient (Wildman–Crippen LogP) is 6.07. The lowest BCUT2D eigenvalue weighted by atomic mass is 9.72. The van der Waals surface area contributed by atoms with Crippen molar-refractivity contribution in [2.45, 2.75) is 159 Å². The smallest absolute Gasteiger partial charge is 0.306 e. The summed E-state index contributed by atoms with van der Waals surface area (Å²) in [6.07, 6.45) is 7.70. The van der Waals surface area contributed by atoms with E-state index in [0.29, 0.717) is 6.42 Å². The van der Waals surface area contributed by atoms with Gasteiger partial charge in [0.15, 0.2) is 18.7 Å². The van der Waals surface area contributed by atoms with E-state index in [4.69, 9.17) is 18.9 Å². The fourth-order valence-electron chi connectivity index (χ4n) is 8.18. The molecule has 308 valence electrons. The van der Waals surface area contributed by atoms with Crippen LogP contribution in [-0.2, 0) is 30.2 Å². The molecule has 0 unspecified atom stereocenters. The summed E-state index contributed by atoms with van der Waals surface area (Å²) in [4.78, 5) is 54.1. The minimum atomic E-state index is -2.33. The Bertz CT molecular complexity index is 1720. The van der Waals surface area contributed by atoms with Crippen LogP contribution in [-0.4, -0.2) is 92.8 Å². The van der Waals surface area contributed by atoms with Gasteiger partial charge in [-0.05, 0) is 19.4 Å². The van der Waals surface area contributed by atoms with Gasteiger partial charge in [0.1, 0.15) is 29.0 Å². The average molecular weight is 783 g/mol. The Kier molecular flexibility index (Phi) is 15.1. The Morgan fingerprint density at radius 3 is 2.07 bits per heavy atom. The van der Waals surface area contributed by atoms with Crippen molar-refractivity contribution in [1.29, 1.82) is 0 Å². The average Bonchev–Trinajstić information content (AvgIpc) is 3.17. The Morgan fingerprint density at radius 2 is 1.46 bits per heavy atom. The minimum absolute atomic E-state index is 0.0704. The second kappa shape index (κ2) is 19.5. The summed E-state index contributed by atoms with van der Waals surface area (Å²) < 4.78 is 22.5. The molecule has 2 aliphatic carbocycles. The van der Waals surface area contributed by atoms with E-state index in [2.05, 4.69) is 6.92 Å². The lowest BCUT2D eigenvalue weighted by molar-refractivity contribution is -0.266. The summed E-state index contributed by atoms with van der Waals surface area (Å²) in [5.74, 6) is -4.43. The zero-order chi connectivity index (χ0) is 40.6. The van der Waals surface area contributed by atoms with Gasteiger partial charge in [0.2, 0.25) is 11.6 Å². The number of unbranched alkanes of at least 4 members (excludes halogenated alkanes) is 12. The number of aliphatic hydroxyl groups excluding tert-OH is 2. The molecule has 0 saturated carbocycles. The lowest BCUT2D eigenvalue weighted by Crippen LogP contribution is -2.50. The Balaban J connectivity index is 1.26. The van der Waals surface area contributed by atoms with Gasteiger partial charge in [0.05, 0.1) is 42.1 Å². The summed E-state index contributed by atoms with van der Waals surface area (Å²) in [5, 5.41) is 56.0. The van der Waals surface area contributed by atoms with Crippen molar-refractivity contribution in [2.24, 2.45) is 0 Å². The number of hydrogen-bond donors (Lipinski definition) is 5. The Hall–Kier alpha value is -3.88. The third-order valence-electron chi connectivity index (χ3n) is 11.4. The van der Waals surface area contributed by atoms with Gasteiger partial charge in [0, 0.05) is 42.4 Å². The molecular formula is C43H58O13. The molecule has 6 atom stereocenters. The number of aliphatic hydroxyl groups is 3. The maximum Gasteiger partial charge on any atom is 0.306 e. The van der Waals surface area contributed by atoms with E-state index in [0.717, 1.165) is 25.7 Å². The standard InChI is InChI=1S/C43H58O13/c1-4-5-6-7-8-9-10-11-12-13-14-15-16-20-32(46)54-24-31(45)43(52)22-27-35(30(23-43)56-33-21-28(44)38(47)25(2)55-33)42(51)37-36(40(27)49)39(48)26-18-17-19-29(53-3)34(26)41(37)50/h17-19,25,28,30,33,38,44,47,49,51-52H,4-16,20-24H2,1-3H3/t25-,28-,30-,33+,38+,43-/m0/s1. The Morgan fingerprint density at radius 1 is 0.857 bits per heavy atom. The number of ether oxygens (including phenoxy) is 4. The maximum absolute atomic E-state index is 13.9. The van der Waals surface area contributed by atoms with Crippen LogP contribution in [0, 0.1) is 0 Å². The zero-order valence-electron chi connectivity index (χ0n) is 32.8. The van der Waals surface area contributed by atoms with E-state index >= 15 is 0 Å². The summed E-state index contributed by atoms with van der Waals surface area (Å²) in [6.45, 7) is 2.96. The first-order chi connectivity index (χ1) is 26.8. The van der Waals surface area contributed by atoms with E-state index in [9.17, 15) is 44.7 Å². The van der Waals surface area contributed by atoms with E-state index in [1.807, 2.05) is 0 Å². The highest BCUT2D eigenvalue weighted by molar-refractivity contribution is 6.31. The van der Waals surface area contributed by atoms with Crippen molar-refractivity contribution < 1.29 is 63.7 Å². The molecule has 5 rings (SSSR count). The molecule has 0 radical (unpaired) electrons. The van der Waals surface area contributed by atoms with Crippen LogP contribution in [0.2, 0.25) is 0 Å². The second-order valence-corrected chi connectivity index (χ2v) is 15.6. The third-order valence-corrected chi connectivity index (χ3v) is 11.4. The predicted molar refractivity (Wildman–Crippen MR) is 204 cm³/mol. The highest BCUT2D eigenvalue weighted by atomic mass is 16.7. The van der Waals surface area contributed by atoms with Gasteiger partial charge >= 0.3 is 5.97 Å². The van der Waals surface area contributed by atoms with Crippen molar-refractivity contribution in [3.05, 3.63) is 51.6 Å². The van der Waals surface area contributed by atoms with Crippen LogP contribution < -0.4 is 4.74 Å². The molecule has 13 nitrogen and oxygen atoms in total. The fourth-order valence-corrected chi connectivity index (χ4v) is 8.18. The quantitative estimate of drug-likeness (QED) is 0.0502.